The van der Waals surface area contributed by atoms with Gasteiger partial charge < -0.3 is 0 Å². The Morgan fingerprint density at radius 3 is 1.54 bits per heavy atom. The molecular weight excluding hydrogens is 345 g/mol. The molecule has 0 aliphatic heterocycles. The maximum Gasteiger partial charge on any atom is 0.237 e. The van der Waals surface area contributed by atoms with Gasteiger partial charge in [0.1, 0.15) is 17.8 Å². The third-order valence-electron chi connectivity index (χ3n) is 2.83. The van der Waals surface area contributed by atoms with Crippen LogP contribution in [-0.2, 0) is 0 Å². The Morgan fingerprint density at radius 1 is 0.667 bits per heavy atom. The van der Waals surface area contributed by atoms with Crippen molar-refractivity contribution in [2.75, 3.05) is 5.43 Å². The lowest BCUT2D eigenvalue weighted by Gasteiger charge is -2.11. The third kappa shape index (κ3) is 2.36. The molecule has 122 valence electrons. The molecule has 2 rings (SSSR count). The predicted octanol–water partition coefficient (Wildman–Crippen LogP) is 3.63. The van der Waals surface area contributed by atoms with Crippen LogP contribution in [0.2, 0.25) is 0 Å². The van der Waals surface area contributed by atoms with Crippen LogP contribution in [0.3, 0.4) is 0 Å². The summed E-state index contributed by atoms with van der Waals surface area (Å²) in [6.07, 6.45) is 0. The summed E-state index contributed by atoms with van der Waals surface area (Å²) in [6.45, 7) is 0. The van der Waals surface area contributed by atoms with Gasteiger partial charge in [-0.15, -0.1) is 0 Å². The van der Waals surface area contributed by atoms with E-state index in [1.807, 2.05) is 0 Å². The number of anilines is 1. The number of fused-ring (bicyclic) bond motifs is 1. The van der Waals surface area contributed by atoms with E-state index in [0.717, 1.165) is 0 Å². The van der Waals surface area contributed by atoms with Crippen LogP contribution in [0.5, 0.6) is 0 Å². The summed E-state index contributed by atoms with van der Waals surface area (Å²) in [5.74, 6) is -15.9. The van der Waals surface area contributed by atoms with Crippen molar-refractivity contribution in [2.24, 2.45) is 5.10 Å². The topological polar surface area (TPSA) is 72.0 Å². The molecule has 2 aromatic carbocycles. The molecule has 11 heteroatoms. The van der Waals surface area contributed by atoms with Crippen LogP contribution in [0.4, 0.5) is 36.4 Å². The molecule has 0 spiro atoms. The Hall–Kier alpha value is -3.34. The van der Waals surface area contributed by atoms with Gasteiger partial charge in [-0.3, -0.25) is 5.43 Å². The predicted molar refractivity (Wildman–Crippen MR) is 65.9 cm³/mol. The lowest BCUT2D eigenvalue weighted by Crippen LogP contribution is -2.08. The first-order valence-electron chi connectivity index (χ1n) is 5.72. The van der Waals surface area contributed by atoms with Gasteiger partial charge in [0, 0.05) is 0 Å². The molecule has 0 saturated carbocycles. The van der Waals surface area contributed by atoms with Gasteiger partial charge in [0.05, 0.1) is 10.8 Å². The molecule has 0 aliphatic rings. The summed E-state index contributed by atoms with van der Waals surface area (Å²) in [7, 11) is 0. The Kier molecular flexibility index (Phi) is 4.28. The van der Waals surface area contributed by atoms with Crippen LogP contribution in [0.1, 0.15) is 0 Å². The minimum Gasteiger partial charge on any atom is -0.270 e. The molecule has 0 aromatic heterocycles. The molecule has 1 N–H and O–H groups in total. The van der Waals surface area contributed by atoms with Gasteiger partial charge in [0.25, 0.3) is 0 Å². The highest BCUT2D eigenvalue weighted by atomic mass is 19.2. The molecule has 0 radical (unpaired) electrons. The SMILES string of the molecule is N#CC(C#N)=NNc1c(F)c(F)c2c(F)c(F)c(F)c(F)c2c1F. The second-order valence-corrected chi connectivity index (χ2v) is 4.12. The standard InChI is InChI=1S/C13HF7N4/c14-6-4-5(7(15)11(19)10(6)18)9(17)13(12(20)8(4)16)24-23-3(1-21)2-22/h24H. The van der Waals surface area contributed by atoms with Crippen molar-refractivity contribution >= 4 is 22.2 Å². The van der Waals surface area contributed by atoms with Crippen molar-refractivity contribution in [3.8, 4) is 12.1 Å². The Labute approximate surface area is 128 Å². The maximum absolute atomic E-state index is 14.1. The normalized spacial score (nSPS) is 10.2. The van der Waals surface area contributed by atoms with Gasteiger partial charge in [0.2, 0.25) is 5.71 Å². The average molecular weight is 346 g/mol. The number of hydrogen-bond donors (Lipinski definition) is 1. The van der Waals surface area contributed by atoms with Crippen LogP contribution in [0.25, 0.3) is 10.8 Å². The molecule has 4 nitrogen and oxygen atoms in total. The average Bonchev–Trinajstić information content (AvgIpc) is 2.57. The molecule has 0 bridgehead atoms. The fourth-order valence-electron chi connectivity index (χ4n) is 1.77. The third-order valence-corrected chi connectivity index (χ3v) is 2.83. The van der Waals surface area contributed by atoms with Crippen LogP contribution in [0, 0.1) is 63.4 Å². The van der Waals surface area contributed by atoms with Crippen molar-refractivity contribution in [3.05, 3.63) is 40.7 Å². The number of hydrogen-bond acceptors (Lipinski definition) is 4. The Morgan fingerprint density at radius 2 is 1.08 bits per heavy atom. The molecule has 0 saturated heterocycles. The minimum absolute atomic E-state index is 0.939. The molecule has 0 fully saturated rings. The van der Waals surface area contributed by atoms with E-state index in [1.54, 1.807) is 0 Å². The second kappa shape index (κ2) is 6.04. The van der Waals surface area contributed by atoms with Crippen LogP contribution < -0.4 is 5.43 Å². The van der Waals surface area contributed by atoms with Crippen molar-refractivity contribution in [2.45, 2.75) is 0 Å². The highest BCUT2D eigenvalue weighted by molar-refractivity contribution is 6.10. The molecule has 2 aromatic rings. The zero-order valence-corrected chi connectivity index (χ0v) is 11.0. The van der Waals surface area contributed by atoms with E-state index < -0.39 is 62.9 Å². The van der Waals surface area contributed by atoms with E-state index in [4.69, 9.17) is 10.5 Å². The minimum atomic E-state index is -2.45. The van der Waals surface area contributed by atoms with E-state index in [1.165, 1.54) is 17.6 Å². The molecule has 0 heterocycles. The molecule has 0 atom stereocenters. The van der Waals surface area contributed by atoms with Crippen LogP contribution in [0.15, 0.2) is 5.10 Å². The van der Waals surface area contributed by atoms with Crippen molar-refractivity contribution in [1.82, 2.24) is 0 Å². The smallest absolute Gasteiger partial charge is 0.237 e. The van der Waals surface area contributed by atoms with Gasteiger partial charge in [-0.25, -0.2) is 30.7 Å². The van der Waals surface area contributed by atoms with Crippen LogP contribution >= 0.6 is 0 Å². The lowest BCUT2D eigenvalue weighted by atomic mass is 10.1. The van der Waals surface area contributed by atoms with E-state index in [-0.39, 0.29) is 0 Å². The van der Waals surface area contributed by atoms with E-state index >= 15 is 0 Å². The molecule has 0 aliphatic carbocycles. The van der Waals surface area contributed by atoms with Crippen molar-refractivity contribution in [3.63, 3.8) is 0 Å². The second-order valence-electron chi connectivity index (χ2n) is 4.12. The number of nitrogens with one attached hydrogen (secondary N) is 1. The first kappa shape index (κ1) is 17.0. The quantitative estimate of drug-likeness (QED) is 0.297. The lowest BCUT2D eigenvalue weighted by molar-refractivity contribution is 0.412. The number of nitrogens with zero attached hydrogens (tertiary/aromatic N) is 3. The van der Waals surface area contributed by atoms with Gasteiger partial charge in [-0.2, -0.15) is 15.6 Å². The number of rotatable bonds is 2. The Balaban J connectivity index is 2.90. The number of halogens is 7. The summed E-state index contributed by atoms with van der Waals surface area (Å²) in [5, 5.41) is 16.2. The van der Waals surface area contributed by atoms with Gasteiger partial charge in [-0.1, -0.05) is 0 Å². The van der Waals surface area contributed by atoms with E-state index in [9.17, 15) is 30.7 Å². The fourth-order valence-corrected chi connectivity index (χ4v) is 1.77. The van der Waals surface area contributed by atoms with Gasteiger partial charge >= 0.3 is 0 Å². The maximum atomic E-state index is 14.1. The van der Waals surface area contributed by atoms with E-state index in [0.29, 0.717) is 0 Å². The van der Waals surface area contributed by atoms with E-state index in [2.05, 4.69) is 5.10 Å². The molecule has 24 heavy (non-hydrogen) atoms. The molecular formula is C13HF7N4. The summed E-state index contributed by atoms with van der Waals surface area (Å²) >= 11 is 0. The van der Waals surface area contributed by atoms with Gasteiger partial charge in [0.15, 0.2) is 40.7 Å². The Bertz CT molecular complexity index is 969. The summed E-state index contributed by atoms with van der Waals surface area (Å²) in [5.41, 5.74) is -1.03. The zero-order chi connectivity index (χ0) is 18.2. The monoisotopic (exact) mass is 346 g/mol. The highest BCUT2D eigenvalue weighted by Crippen LogP contribution is 2.36. The number of nitriles is 2. The molecule has 0 unspecified atom stereocenters. The number of benzene rings is 2. The summed E-state index contributed by atoms with van der Waals surface area (Å²) in [4.78, 5) is 0. The first-order valence-corrected chi connectivity index (χ1v) is 5.72. The first-order chi connectivity index (χ1) is 11.3. The highest BCUT2D eigenvalue weighted by Gasteiger charge is 2.30. The van der Waals surface area contributed by atoms with Crippen molar-refractivity contribution < 1.29 is 30.7 Å². The van der Waals surface area contributed by atoms with Crippen LogP contribution in [-0.4, -0.2) is 5.71 Å². The fraction of sp³-hybridized carbons (Fsp3) is 0. The zero-order valence-electron chi connectivity index (χ0n) is 11.0. The summed E-state index contributed by atoms with van der Waals surface area (Å²) in [6, 6.07) is 2.39. The largest absolute Gasteiger partial charge is 0.270 e. The number of hydrazone groups is 1. The van der Waals surface area contributed by atoms with Crippen molar-refractivity contribution in [1.29, 1.82) is 10.5 Å². The van der Waals surface area contributed by atoms with Gasteiger partial charge in [-0.05, 0) is 0 Å². The summed E-state index contributed by atoms with van der Waals surface area (Å²) < 4.78 is 95.2. The molecule has 0 amide bonds.